The Morgan fingerprint density at radius 2 is 1.72 bits per heavy atom. The Hall–Kier alpha value is -3.44. The molecule has 9 nitrogen and oxygen atoms in total. The zero-order valence-electron chi connectivity index (χ0n) is 20.7. The van der Waals surface area contributed by atoms with Crippen molar-refractivity contribution < 1.29 is 29.6 Å². The van der Waals surface area contributed by atoms with Crippen LogP contribution in [-0.4, -0.2) is 51.1 Å². The van der Waals surface area contributed by atoms with Crippen LogP contribution in [0, 0.1) is 0 Å². The van der Waals surface area contributed by atoms with Gasteiger partial charge in [-0.05, 0) is 36.4 Å². The lowest BCUT2D eigenvalue weighted by molar-refractivity contribution is -0.138. The van der Waals surface area contributed by atoms with Gasteiger partial charge in [-0.15, -0.1) is 0 Å². The van der Waals surface area contributed by atoms with Crippen LogP contribution in [0.15, 0.2) is 72.8 Å². The quantitative estimate of drug-likeness (QED) is 0.132. The fourth-order valence-electron chi connectivity index (χ4n) is 3.66. The zero-order chi connectivity index (χ0) is 28.0. The van der Waals surface area contributed by atoms with Crippen molar-refractivity contribution in [2.75, 3.05) is 18.5 Å². The molecule has 204 valence electrons. The Bertz CT molecular complexity index is 1440. The number of benzene rings is 3. The molecule has 4 aromatic rings. The first-order valence-electron chi connectivity index (χ1n) is 11.9. The van der Waals surface area contributed by atoms with Crippen LogP contribution in [0.25, 0.3) is 10.9 Å². The minimum atomic E-state index is -1.77. The van der Waals surface area contributed by atoms with Crippen LogP contribution in [0.2, 0.25) is 10.0 Å². The van der Waals surface area contributed by atoms with Crippen LogP contribution in [0.4, 0.5) is 11.4 Å². The molecule has 1 unspecified atom stereocenters. The molecule has 0 saturated heterocycles. The highest BCUT2D eigenvalue weighted by atomic mass is 35.5. The topological polar surface area (TPSA) is 147 Å². The molecule has 0 saturated carbocycles. The Morgan fingerprint density at radius 1 is 1.00 bits per heavy atom. The molecule has 0 aliphatic rings. The third-order valence-corrected chi connectivity index (χ3v) is 6.68. The van der Waals surface area contributed by atoms with Crippen molar-refractivity contribution in [2.45, 2.75) is 24.7 Å². The van der Waals surface area contributed by atoms with Gasteiger partial charge < -0.3 is 35.8 Å². The standard InChI is InChI=1S/C28H27Cl2N3O6/c29-20-5-3-6-21(30)27(20)33-23-11-10-19(38-14-18-9-8-17-4-1-2-7-22(17)32-18)12-24(23)39-26(37)13-25(36)28(31,15-34)16-35/h1-12,25,33-36H,13-16,31H2. The number of nitrogens with one attached hydrogen (secondary N) is 1. The fourth-order valence-corrected chi connectivity index (χ4v) is 4.16. The monoisotopic (exact) mass is 571 g/mol. The van der Waals surface area contributed by atoms with E-state index in [1.165, 1.54) is 6.07 Å². The number of pyridine rings is 1. The average molecular weight is 572 g/mol. The van der Waals surface area contributed by atoms with E-state index in [1.807, 2.05) is 36.4 Å². The maximum Gasteiger partial charge on any atom is 0.313 e. The van der Waals surface area contributed by atoms with Gasteiger partial charge in [0, 0.05) is 11.5 Å². The molecule has 1 aromatic heterocycles. The number of para-hydroxylation sites is 2. The van der Waals surface area contributed by atoms with E-state index in [0.717, 1.165) is 10.9 Å². The summed E-state index contributed by atoms with van der Waals surface area (Å²) in [4.78, 5) is 17.3. The van der Waals surface area contributed by atoms with Crippen molar-refractivity contribution in [1.29, 1.82) is 0 Å². The second-order valence-corrected chi connectivity index (χ2v) is 9.72. The number of esters is 1. The summed E-state index contributed by atoms with van der Waals surface area (Å²) in [5.74, 6) is -0.424. The van der Waals surface area contributed by atoms with Crippen LogP contribution in [0.5, 0.6) is 11.5 Å². The predicted octanol–water partition coefficient (Wildman–Crippen LogP) is 4.20. The molecule has 11 heteroatoms. The number of aromatic nitrogens is 1. The number of carbonyl (C=O) groups is 1. The summed E-state index contributed by atoms with van der Waals surface area (Å²) in [6.45, 7) is -1.31. The highest BCUT2D eigenvalue weighted by molar-refractivity contribution is 6.39. The van der Waals surface area contributed by atoms with Crippen molar-refractivity contribution in [3.63, 3.8) is 0 Å². The number of hydrogen-bond donors (Lipinski definition) is 5. The van der Waals surface area contributed by atoms with Crippen LogP contribution in [0.3, 0.4) is 0 Å². The van der Waals surface area contributed by atoms with Crippen molar-refractivity contribution in [1.82, 2.24) is 4.98 Å². The van der Waals surface area contributed by atoms with Crippen LogP contribution in [0.1, 0.15) is 12.1 Å². The lowest BCUT2D eigenvalue weighted by Crippen LogP contribution is -2.57. The molecule has 0 fully saturated rings. The third-order valence-electron chi connectivity index (χ3n) is 6.05. The second kappa shape index (κ2) is 12.6. The van der Waals surface area contributed by atoms with Crippen LogP contribution < -0.4 is 20.5 Å². The van der Waals surface area contributed by atoms with E-state index in [-0.39, 0.29) is 12.4 Å². The number of rotatable bonds is 11. The SMILES string of the molecule is NC(CO)(CO)C(O)CC(=O)Oc1cc(OCc2ccc3ccccc3n2)ccc1Nc1c(Cl)cccc1Cl. The maximum atomic E-state index is 12.7. The van der Waals surface area contributed by atoms with Crippen LogP contribution in [-0.2, 0) is 11.4 Å². The summed E-state index contributed by atoms with van der Waals surface area (Å²) in [5, 5.41) is 33.9. The lowest BCUT2D eigenvalue weighted by Gasteiger charge is -2.29. The third kappa shape index (κ3) is 6.96. The first kappa shape index (κ1) is 28.6. The van der Waals surface area contributed by atoms with Crippen molar-refractivity contribution >= 4 is 51.4 Å². The van der Waals surface area contributed by atoms with Gasteiger partial charge in [0.05, 0.1) is 63.9 Å². The highest BCUT2D eigenvalue weighted by Gasteiger charge is 2.34. The van der Waals surface area contributed by atoms with E-state index in [2.05, 4.69) is 10.3 Å². The maximum absolute atomic E-state index is 12.7. The average Bonchev–Trinajstić information content (AvgIpc) is 2.94. The number of carbonyl (C=O) groups excluding carboxylic acids is 1. The van der Waals surface area contributed by atoms with E-state index in [9.17, 15) is 20.1 Å². The van der Waals surface area contributed by atoms with E-state index in [0.29, 0.717) is 32.9 Å². The summed E-state index contributed by atoms with van der Waals surface area (Å²) in [6, 6.07) is 21.3. The number of aliphatic hydroxyl groups is 3. The number of hydrogen-bond acceptors (Lipinski definition) is 9. The molecule has 1 heterocycles. The Kier molecular flexibility index (Phi) is 9.24. The summed E-state index contributed by atoms with van der Waals surface area (Å²) in [5.41, 5.74) is 6.28. The summed E-state index contributed by atoms with van der Waals surface area (Å²) in [7, 11) is 0. The van der Waals surface area contributed by atoms with Gasteiger partial charge >= 0.3 is 5.97 Å². The van der Waals surface area contributed by atoms with Gasteiger partial charge in [-0.25, -0.2) is 4.98 Å². The van der Waals surface area contributed by atoms with Gasteiger partial charge in [-0.3, -0.25) is 4.79 Å². The molecule has 0 amide bonds. The number of anilines is 2. The van der Waals surface area contributed by atoms with Gasteiger partial charge in [0.25, 0.3) is 0 Å². The number of halogens is 2. The molecular weight excluding hydrogens is 545 g/mol. The molecule has 6 N–H and O–H groups in total. The van der Waals surface area contributed by atoms with Gasteiger partial charge in [0.2, 0.25) is 0 Å². The second-order valence-electron chi connectivity index (χ2n) is 8.91. The first-order valence-corrected chi connectivity index (χ1v) is 12.7. The molecule has 4 rings (SSSR count). The highest BCUT2D eigenvalue weighted by Crippen LogP contribution is 2.38. The van der Waals surface area contributed by atoms with Gasteiger partial charge in [-0.2, -0.15) is 0 Å². The molecule has 0 aliphatic carbocycles. The van der Waals surface area contributed by atoms with Crippen molar-refractivity contribution in [3.8, 4) is 11.5 Å². The minimum absolute atomic E-state index is 0.0581. The molecule has 0 bridgehead atoms. The molecule has 0 radical (unpaired) electrons. The number of nitrogens with zero attached hydrogens (tertiary/aromatic N) is 1. The number of fused-ring (bicyclic) bond motifs is 1. The first-order chi connectivity index (χ1) is 18.7. The zero-order valence-corrected chi connectivity index (χ0v) is 22.2. The van der Waals surface area contributed by atoms with Crippen molar-refractivity contribution in [3.05, 3.63) is 88.5 Å². The molecule has 1 atom stereocenters. The molecule has 0 aliphatic heterocycles. The van der Waals surface area contributed by atoms with E-state index >= 15 is 0 Å². The fraction of sp³-hybridized carbons (Fsp3) is 0.214. The Balaban J connectivity index is 1.57. The van der Waals surface area contributed by atoms with E-state index in [4.69, 9.17) is 38.4 Å². The van der Waals surface area contributed by atoms with E-state index < -0.39 is 37.2 Å². The van der Waals surface area contributed by atoms with Gasteiger partial charge in [0.1, 0.15) is 12.4 Å². The molecule has 0 spiro atoms. The summed E-state index contributed by atoms with van der Waals surface area (Å²) in [6.07, 6.45) is -2.15. The predicted molar refractivity (Wildman–Crippen MR) is 150 cm³/mol. The minimum Gasteiger partial charge on any atom is -0.487 e. The molecular formula is C28H27Cl2N3O6. The Labute approximate surface area is 234 Å². The molecule has 3 aromatic carbocycles. The number of aliphatic hydroxyl groups excluding tert-OH is 3. The summed E-state index contributed by atoms with van der Waals surface area (Å²) < 4.78 is 11.5. The number of nitrogens with two attached hydrogens (primary N) is 1. The molecule has 39 heavy (non-hydrogen) atoms. The summed E-state index contributed by atoms with van der Waals surface area (Å²) >= 11 is 12.6. The number of ether oxygens (including phenoxy) is 2. The van der Waals surface area contributed by atoms with Crippen LogP contribution >= 0.6 is 23.2 Å². The largest absolute Gasteiger partial charge is 0.487 e. The van der Waals surface area contributed by atoms with Crippen molar-refractivity contribution in [2.24, 2.45) is 5.73 Å². The van der Waals surface area contributed by atoms with Gasteiger partial charge in [-0.1, -0.05) is 53.5 Å². The van der Waals surface area contributed by atoms with Gasteiger partial charge in [0.15, 0.2) is 5.75 Å². The lowest BCUT2D eigenvalue weighted by atomic mass is 9.93. The smallest absolute Gasteiger partial charge is 0.313 e. The van der Waals surface area contributed by atoms with E-state index in [1.54, 1.807) is 30.3 Å². The Morgan fingerprint density at radius 3 is 2.44 bits per heavy atom. The normalized spacial score (nSPS) is 12.3.